The second-order valence-corrected chi connectivity index (χ2v) is 5.24. The number of hydrogen-bond donors (Lipinski definition) is 1. The summed E-state index contributed by atoms with van der Waals surface area (Å²) in [5.74, 6) is 0. The highest BCUT2D eigenvalue weighted by Crippen LogP contribution is 2.28. The summed E-state index contributed by atoms with van der Waals surface area (Å²) in [4.78, 5) is 2.47. The Bertz CT molecular complexity index is 377. The first kappa shape index (κ1) is 13.5. The summed E-state index contributed by atoms with van der Waals surface area (Å²) in [7, 11) is 1.76. The zero-order chi connectivity index (χ0) is 13.0. The van der Waals surface area contributed by atoms with Crippen molar-refractivity contribution in [3.05, 3.63) is 35.4 Å². The maximum Gasteiger partial charge on any atom is 0.0589 e. The zero-order valence-corrected chi connectivity index (χ0v) is 11.4. The third-order valence-corrected chi connectivity index (χ3v) is 3.55. The molecule has 1 aliphatic rings. The molecule has 1 atom stereocenters. The quantitative estimate of drug-likeness (QED) is 0.803. The van der Waals surface area contributed by atoms with E-state index in [4.69, 9.17) is 10.5 Å². The van der Waals surface area contributed by atoms with E-state index in [0.29, 0.717) is 0 Å². The lowest BCUT2D eigenvalue weighted by Gasteiger charge is -2.25. The van der Waals surface area contributed by atoms with Gasteiger partial charge in [-0.15, -0.1) is 0 Å². The minimum atomic E-state index is 0.0994. The lowest BCUT2D eigenvalue weighted by Crippen LogP contribution is -2.36. The van der Waals surface area contributed by atoms with Crippen LogP contribution >= 0.6 is 0 Å². The minimum absolute atomic E-state index is 0.0994. The zero-order valence-electron chi connectivity index (χ0n) is 11.4. The van der Waals surface area contributed by atoms with Gasteiger partial charge in [-0.25, -0.2) is 0 Å². The predicted molar refractivity (Wildman–Crippen MR) is 74.6 cm³/mol. The molecule has 0 aromatic heterocycles. The van der Waals surface area contributed by atoms with E-state index >= 15 is 0 Å². The first-order valence-electron chi connectivity index (χ1n) is 6.76. The minimum Gasteiger partial charge on any atom is -0.383 e. The maximum absolute atomic E-state index is 6.32. The predicted octanol–water partition coefficient (Wildman–Crippen LogP) is 2.11. The normalized spacial score (nSPS) is 17.1. The van der Waals surface area contributed by atoms with Crippen molar-refractivity contribution in [2.75, 3.05) is 26.8 Å². The van der Waals surface area contributed by atoms with E-state index < -0.39 is 0 Å². The van der Waals surface area contributed by atoms with Crippen molar-refractivity contribution in [1.82, 2.24) is 4.90 Å². The number of rotatable bonds is 7. The van der Waals surface area contributed by atoms with Crippen LogP contribution in [0.15, 0.2) is 24.3 Å². The van der Waals surface area contributed by atoms with Gasteiger partial charge in [0.05, 0.1) is 6.61 Å². The van der Waals surface area contributed by atoms with Gasteiger partial charge in [0.15, 0.2) is 0 Å². The van der Waals surface area contributed by atoms with E-state index in [-0.39, 0.29) is 6.04 Å². The van der Waals surface area contributed by atoms with E-state index in [1.807, 2.05) is 0 Å². The molecule has 3 nitrogen and oxygen atoms in total. The number of benzene rings is 1. The summed E-state index contributed by atoms with van der Waals surface area (Å²) < 4.78 is 5.17. The number of methoxy groups -OCH3 is 1. The Morgan fingerprint density at radius 3 is 2.83 bits per heavy atom. The lowest BCUT2D eigenvalue weighted by atomic mass is 10.0. The van der Waals surface area contributed by atoms with Gasteiger partial charge in [-0.2, -0.15) is 0 Å². The van der Waals surface area contributed by atoms with Gasteiger partial charge >= 0.3 is 0 Å². The Morgan fingerprint density at radius 1 is 1.44 bits per heavy atom. The summed E-state index contributed by atoms with van der Waals surface area (Å²) in [6.45, 7) is 4.81. The van der Waals surface area contributed by atoms with Gasteiger partial charge in [-0.05, 0) is 25.3 Å². The van der Waals surface area contributed by atoms with Crippen LogP contribution < -0.4 is 5.73 Å². The standard InChI is InChI=1S/C15H24N2O/c1-12-4-3-5-13(10-12)15(16)11-17(8-9-18-2)14-6-7-14/h3-5,10,14-15H,6-9,11,16H2,1-2H3. The van der Waals surface area contributed by atoms with Gasteiger partial charge in [-0.3, -0.25) is 4.90 Å². The highest BCUT2D eigenvalue weighted by Gasteiger charge is 2.29. The van der Waals surface area contributed by atoms with Crippen molar-refractivity contribution in [3.8, 4) is 0 Å². The SMILES string of the molecule is COCCN(CC(N)c1cccc(C)c1)C1CC1. The average Bonchev–Trinajstić information content (AvgIpc) is 3.18. The van der Waals surface area contributed by atoms with Gasteiger partial charge in [0, 0.05) is 32.3 Å². The van der Waals surface area contributed by atoms with Crippen molar-refractivity contribution in [2.45, 2.75) is 31.8 Å². The van der Waals surface area contributed by atoms with Gasteiger partial charge in [0.25, 0.3) is 0 Å². The highest BCUT2D eigenvalue weighted by atomic mass is 16.5. The molecule has 1 aromatic carbocycles. The molecule has 0 aliphatic heterocycles. The van der Waals surface area contributed by atoms with Crippen molar-refractivity contribution in [2.24, 2.45) is 5.73 Å². The first-order chi connectivity index (χ1) is 8.70. The van der Waals surface area contributed by atoms with Gasteiger partial charge in [-0.1, -0.05) is 29.8 Å². The molecule has 1 saturated carbocycles. The summed E-state index contributed by atoms with van der Waals surface area (Å²) >= 11 is 0. The van der Waals surface area contributed by atoms with Gasteiger partial charge in [0.1, 0.15) is 0 Å². The Hall–Kier alpha value is -0.900. The van der Waals surface area contributed by atoms with Crippen LogP contribution in [0.25, 0.3) is 0 Å². The van der Waals surface area contributed by atoms with Crippen LogP contribution in [-0.4, -0.2) is 37.7 Å². The fraction of sp³-hybridized carbons (Fsp3) is 0.600. The molecule has 3 heteroatoms. The number of aryl methyl sites for hydroxylation is 1. The molecule has 2 rings (SSSR count). The van der Waals surface area contributed by atoms with E-state index in [1.165, 1.54) is 24.0 Å². The van der Waals surface area contributed by atoms with Gasteiger partial charge < -0.3 is 10.5 Å². The smallest absolute Gasteiger partial charge is 0.0589 e. The number of nitrogens with zero attached hydrogens (tertiary/aromatic N) is 1. The molecule has 100 valence electrons. The molecule has 1 aromatic rings. The molecule has 1 aliphatic carbocycles. The van der Waals surface area contributed by atoms with Crippen LogP contribution in [0.5, 0.6) is 0 Å². The Kier molecular flexibility index (Phi) is 4.75. The monoisotopic (exact) mass is 248 g/mol. The molecular weight excluding hydrogens is 224 g/mol. The molecule has 0 radical (unpaired) electrons. The third-order valence-electron chi connectivity index (χ3n) is 3.55. The maximum atomic E-state index is 6.32. The molecule has 1 unspecified atom stereocenters. The second kappa shape index (κ2) is 6.32. The van der Waals surface area contributed by atoms with Crippen LogP contribution in [0.3, 0.4) is 0 Å². The van der Waals surface area contributed by atoms with E-state index in [9.17, 15) is 0 Å². The van der Waals surface area contributed by atoms with Crippen LogP contribution in [0.1, 0.15) is 30.0 Å². The molecule has 18 heavy (non-hydrogen) atoms. The van der Waals surface area contributed by atoms with Gasteiger partial charge in [0.2, 0.25) is 0 Å². The van der Waals surface area contributed by atoms with Crippen LogP contribution in [0.2, 0.25) is 0 Å². The molecule has 0 saturated heterocycles. The van der Waals surface area contributed by atoms with Crippen LogP contribution in [-0.2, 0) is 4.74 Å². The van der Waals surface area contributed by atoms with Crippen molar-refractivity contribution >= 4 is 0 Å². The van der Waals surface area contributed by atoms with Crippen molar-refractivity contribution in [3.63, 3.8) is 0 Å². The molecule has 1 fully saturated rings. The van der Waals surface area contributed by atoms with E-state index in [2.05, 4.69) is 36.1 Å². The molecular formula is C15H24N2O. The number of nitrogens with two attached hydrogens (primary N) is 1. The van der Waals surface area contributed by atoms with Crippen molar-refractivity contribution in [1.29, 1.82) is 0 Å². The molecule has 0 bridgehead atoms. The number of hydrogen-bond acceptors (Lipinski definition) is 3. The number of ether oxygens (including phenoxy) is 1. The third kappa shape index (κ3) is 3.80. The molecule has 0 heterocycles. The fourth-order valence-electron chi connectivity index (χ4n) is 2.33. The summed E-state index contributed by atoms with van der Waals surface area (Å²) in [6, 6.07) is 9.34. The Balaban J connectivity index is 1.93. The summed E-state index contributed by atoms with van der Waals surface area (Å²) in [6.07, 6.45) is 2.62. The molecule has 2 N–H and O–H groups in total. The van der Waals surface area contributed by atoms with Crippen LogP contribution in [0, 0.1) is 6.92 Å². The van der Waals surface area contributed by atoms with Crippen molar-refractivity contribution < 1.29 is 4.74 Å². The second-order valence-electron chi connectivity index (χ2n) is 5.24. The van der Waals surface area contributed by atoms with E-state index in [1.54, 1.807) is 7.11 Å². The summed E-state index contributed by atoms with van der Waals surface area (Å²) in [5, 5.41) is 0. The largest absolute Gasteiger partial charge is 0.383 e. The summed E-state index contributed by atoms with van der Waals surface area (Å²) in [5.41, 5.74) is 8.83. The van der Waals surface area contributed by atoms with E-state index in [0.717, 1.165) is 25.7 Å². The Labute approximate surface area is 110 Å². The fourth-order valence-corrected chi connectivity index (χ4v) is 2.33. The average molecular weight is 248 g/mol. The topological polar surface area (TPSA) is 38.5 Å². The lowest BCUT2D eigenvalue weighted by molar-refractivity contribution is 0.139. The first-order valence-corrected chi connectivity index (χ1v) is 6.76. The highest BCUT2D eigenvalue weighted by molar-refractivity contribution is 5.25. The molecule has 0 amide bonds. The van der Waals surface area contributed by atoms with Crippen LogP contribution in [0.4, 0.5) is 0 Å². The molecule has 0 spiro atoms. The Morgan fingerprint density at radius 2 is 2.22 bits per heavy atom.